The van der Waals surface area contributed by atoms with Crippen molar-refractivity contribution in [3.63, 3.8) is 0 Å². The van der Waals surface area contributed by atoms with E-state index < -0.39 is 0 Å². The van der Waals surface area contributed by atoms with Crippen molar-refractivity contribution in [3.05, 3.63) is 36.4 Å². The minimum Gasteiger partial charge on any atom is -0.0999 e. The predicted molar refractivity (Wildman–Crippen MR) is 73.2 cm³/mol. The first-order valence-corrected chi connectivity index (χ1v) is 8.96. The van der Waals surface area contributed by atoms with Gasteiger partial charge in [0.1, 0.15) is 0 Å². The van der Waals surface area contributed by atoms with Gasteiger partial charge in [-0.3, -0.25) is 0 Å². The normalized spacial score (nSPS) is 11.9. The van der Waals surface area contributed by atoms with Crippen LogP contribution < -0.4 is 5.19 Å². The smallest absolute Gasteiger partial charge is 0.0544 e. The molecule has 0 aliphatic heterocycles. The summed E-state index contributed by atoms with van der Waals surface area (Å²) in [6, 6.07) is 11.8. The average Bonchev–Trinajstić information content (AvgIpc) is 2.20. The highest BCUT2D eigenvalue weighted by Crippen LogP contribution is 2.10. The van der Waals surface area contributed by atoms with E-state index in [9.17, 15) is 0 Å². The van der Waals surface area contributed by atoms with Crippen molar-refractivity contribution < 1.29 is 0 Å². The highest BCUT2D eigenvalue weighted by Gasteiger charge is 1.98. The largest absolute Gasteiger partial charge is 0.0999 e. The fourth-order valence-electron chi connectivity index (χ4n) is 1.64. The van der Waals surface area contributed by atoms with Crippen LogP contribution in [-0.2, 0) is 0 Å². The van der Waals surface area contributed by atoms with Gasteiger partial charge in [0.15, 0.2) is 0 Å². The zero-order valence-electron chi connectivity index (χ0n) is 9.34. The summed E-state index contributed by atoms with van der Waals surface area (Å²) < 4.78 is 0. The summed E-state index contributed by atoms with van der Waals surface area (Å²) in [5, 5.41) is 3.00. The molecule has 2 heteroatoms. The zero-order valence-corrected chi connectivity index (χ0v) is 12.2. The zero-order chi connectivity index (χ0) is 10.4. The van der Waals surface area contributed by atoms with E-state index in [1.807, 2.05) is 0 Å². The van der Waals surface area contributed by atoms with Crippen molar-refractivity contribution in [3.8, 4) is 0 Å². The van der Waals surface area contributed by atoms with Crippen LogP contribution in [0, 0.1) is 0 Å². The number of hydrogen-bond acceptors (Lipinski definition) is 0. The lowest BCUT2D eigenvalue weighted by atomic mass is 10.2. The van der Waals surface area contributed by atoms with Gasteiger partial charge in [-0.1, -0.05) is 67.2 Å². The first-order chi connectivity index (χ1) is 6.77. The molecule has 0 atom stereocenters. The molecule has 0 aromatic heterocycles. The molecule has 0 N–H and O–H groups in total. The molecule has 0 spiro atoms. The van der Waals surface area contributed by atoms with Crippen LogP contribution in [0.5, 0.6) is 0 Å². The Morgan fingerprint density at radius 1 is 1.14 bits per heavy atom. The molecule has 0 amide bonds. The van der Waals surface area contributed by atoms with Gasteiger partial charge in [-0.2, -0.15) is 0 Å². The Labute approximate surface area is 92.1 Å². The standard InChI is InChI=1S/C12H20Si2/c1-4-13-10(3)11-6-8-12(9-7-11)14-5-2/h6-9H,3-5,13-14H2,1-2H3. The molecule has 0 saturated heterocycles. The van der Waals surface area contributed by atoms with Gasteiger partial charge < -0.3 is 0 Å². The van der Waals surface area contributed by atoms with Crippen LogP contribution in [0.4, 0.5) is 0 Å². The van der Waals surface area contributed by atoms with E-state index >= 15 is 0 Å². The third kappa shape index (κ3) is 3.27. The number of benzene rings is 1. The van der Waals surface area contributed by atoms with Gasteiger partial charge >= 0.3 is 0 Å². The first-order valence-electron chi connectivity index (χ1n) is 5.55. The molecule has 1 aromatic carbocycles. The molecule has 0 nitrogen and oxygen atoms in total. The molecule has 0 aliphatic carbocycles. The molecule has 14 heavy (non-hydrogen) atoms. The minimum absolute atomic E-state index is 0.0286. The Kier molecular flexibility index (Phi) is 4.90. The lowest BCUT2D eigenvalue weighted by molar-refractivity contribution is 1.46. The number of rotatable bonds is 5. The second kappa shape index (κ2) is 5.99. The highest BCUT2D eigenvalue weighted by atomic mass is 28.2. The van der Waals surface area contributed by atoms with Crippen molar-refractivity contribution in [1.82, 2.24) is 0 Å². The predicted octanol–water partition coefficient (Wildman–Crippen LogP) is 1.50. The van der Waals surface area contributed by atoms with Gasteiger partial charge in [-0.05, 0) is 5.56 Å². The number of hydrogen-bond donors (Lipinski definition) is 0. The first kappa shape index (κ1) is 11.5. The maximum atomic E-state index is 4.16. The molecular formula is C12H20Si2. The van der Waals surface area contributed by atoms with Crippen molar-refractivity contribution in [2.75, 3.05) is 0 Å². The summed E-state index contributed by atoms with van der Waals surface area (Å²) in [6.07, 6.45) is 0. The summed E-state index contributed by atoms with van der Waals surface area (Å²) in [6.45, 7) is 8.70. The maximum absolute atomic E-state index is 4.16. The second-order valence-corrected chi connectivity index (χ2v) is 8.47. The molecule has 1 rings (SSSR count). The van der Waals surface area contributed by atoms with Crippen LogP contribution in [0.3, 0.4) is 0 Å². The average molecular weight is 220 g/mol. The maximum Gasteiger partial charge on any atom is 0.0544 e. The van der Waals surface area contributed by atoms with E-state index in [2.05, 4.69) is 44.7 Å². The quantitative estimate of drug-likeness (QED) is 0.660. The topological polar surface area (TPSA) is 0 Å². The molecular weight excluding hydrogens is 200 g/mol. The Hall–Kier alpha value is -0.606. The summed E-state index contributed by atoms with van der Waals surface area (Å²) in [5.41, 5.74) is 1.38. The SMILES string of the molecule is C=C([SiH2]CC)c1ccc([SiH2]CC)cc1. The molecule has 0 saturated carbocycles. The van der Waals surface area contributed by atoms with E-state index in [1.165, 1.54) is 22.8 Å². The van der Waals surface area contributed by atoms with Gasteiger partial charge in [0, 0.05) is 0 Å². The Balaban J connectivity index is 2.67. The Morgan fingerprint density at radius 3 is 2.29 bits per heavy atom. The molecule has 0 bridgehead atoms. The summed E-state index contributed by atoms with van der Waals surface area (Å²) in [7, 11) is -0.0305. The van der Waals surface area contributed by atoms with Crippen molar-refractivity contribution in [1.29, 1.82) is 0 Å². The van der Waals surface area contributed by atoms with Crippen LogP contribution in [0.25, 0.3) is 5.20 Å². The van der Waals surface area contributed by atoms with Gasteiger partial charge in [-0.25, -0.2) is 0 Å². The summed E-state index contributed by atoms with van der Waals surface area (Å²) in [5.74, 6) is 0. The van der Waals surface area contributed by atoms with E-state index in [0.29, 0.717) is 0 Å². The van der Waals surface area contributed by atoms with Crippen molar-refractivity contribution in [2.45, 2.75) is 25.9 Å². The van der Waals surface area contributed by atoms with E-state index in [0.717, 1.165) is 0 Å². The molecule has 0 radical (unpaired) electrons. The molecule has 0 aliphatic rings. The van der Waals surface area contributed by atoms with Crippen LogP contribution in [-0.4, -0.2) is 19.0 Å². The van der Waals surface area contributed by atoms with Gasteiger partial charge in [0.2, 0.25) is 0 Å². The Morgan fingerprint density at radius 2 is 1.79 bits per heavy atom. The fourth-order valence-corrected chi connectivity index (χ4v) is 3.92. The molecule has 0 fully saturated rings. The van der Waals surface area contributed by atoms with E-state index in [4.69, 9.17) is 0 Å². The lowest BCUT2D eigenvalue weighted by Crippen LogP contribution is -2.12. The third-order valence-electron chi connectivity index (χ3n) is 2.45. The van der Waals surface area contributed by atoms with Crippen LogP contribution in [0.1, 0.15) is 19.4 Å². The minimum atomic E-state index is -0.0591. The molecule has 0 unspecified atom stereocenters. The lowest BCUT2D eigenvalue weighted by Gasteiger charge is -2.05. The molecule has 0 heterocycles. The second-order valence-electron chi connectivity index (χ2n) is 3.80. The van der Waals surface area contributed by atoms with Crippen LogP contribution >= 0.6 is 0 Å². The molecule has 1 aromatic rings. The van der Waals surface area contributed by atoms with Crippen LogP contribution in [0.2, 0.25) is 12.1 Å². The van der Waals surface area contributed by atoms with E-state index in [1.54, 1.807) is 5.19 Å². The van der Waals surface area contributed by atoms with Crippen molar-refractivity contribution in [2.24, 2.45) is 0 Å². The van der Waals surface area contributed by atoms with E-state index in [-0.39, 0.29) is 19.0 Å². The third-order valence-corrected chi connectivity index (χ3v) is 5.51. The van der Waals surface area contributed by atoms with Gasteiger partial charge in [-0.15, -0.1) is 0 Å². The Bertz CT molecular complexity index is 288. The summed E-state index contributed by atoms with van der Waals surface area (Å²) >= 11 is 0. The summed E-state index contributed by atoms with van der Waals surface area (Å²) in [4.78, 5) is 0. The van der Waals surface area contributed by atoms with Crippen molar-refractivity contribution >= 4 is 29.4 Å². The monoisotopic (exact) mass is 220 g/mol. The molecule has 76 valence electrons. The van der Waals surface area contributed by atoms with Crippen LogP contribution in [0.15, 0.2) is 30.8 Å². The fraction of sp³-hybridized carbons (Fsp3) is 0.333. The van der Waals surface area contributed by atoms with Gasteiger partial charge in [0.05, 0.1) is 19.0 Å². The highest BCUT2D eigenvalue weighted by molar-refractivity contribution is 6.60. The van der Waals surface area contributed by atoms with Gasteiger partial charge in [0.25, 0.3) is 0 Å².